The first-order valence-electron chi connectivity index (χ1n) is 7.57. The average Bonchev–Trinajstić information content (AvgIpc) is 3.00. The Balaban J connectivity index is 1.63. The highest BCUT2D eigenvalue weighted by Crippen LogP contribution is 2.28. The van der Waals surface area contributed by atoms with E-state index in [1.54, 1.807) is 0 Å². The van der Waals surface area contributed by atoms with E-state index in [0.29, 0.717) is 0 Å². The van der Waals surface area contributed by atoms with Gasteiger partial charge in [0.2, 0.25) is 0 Å². The summed E-state index contributed by atoms with van der Waals surface area (Å²) in [7, 11) is 0. The number of nitrogens with zero attached hydrogens (tertiary/aromatic N) is 1. The summed E-state index contributed by atoms with van der Waals surface area (Å²) in [6.07, 6.45) is 8.39. The molecule has 4 heteroatoms. The molecule has 4 N–H and O–H groups in total. The van der Waals surface area contributed by atoms with Gasteiger partial charge < -0.3 is 16.3 Å². The number of amidine groups is 1. The number of nitrogens with two attached hydrogens (primary N) is 1. The van der Waals surface area contributed by atoms with Crippen molar-refractivity contribution in [2.24, 2.45) is 16.8 Å². The van der Waals surface area contributed by atoms with Crippen molar-refractivity contribution in [3.05, 3.63) is 35.4 Å². The molecule has 0 unspecified atom stereocenters. The van der Waals surface area contributed by atoms with Crippen molar-refractivity contribution < 1.29 is 5.21 Å². The quantitative estimate of drug-likeness (QED) is 0.235. The zero-order valence-corrected chi connectivity index (χ0v) is 12.0. The van der Waals surface area contributed by atoms with Gasteiger partial charge in [0.15, 0.2) is 5.84 Å². The third-order valence-corrected chi connectivity index (χ3v) is 4.13. The van der Waals surface area contributed by atoms with Gasteiger partial charge in [-0.3, -0.25) is 0 Å². The molecule has 0 radical (unpaired) electrons. The van der Waals surface area contributed by atoms with Crippen molar-refractivity contribution in [2.75, 3.05) is 6.54 Å². The molecular weight excluding hydrogens is 250 g/mol. The average molecular weight is 275 g/mol. The molecule has 1 aliphatic carbocycles. The van der Waals surface area contributed by atoms with Crippen LogP contribution in [0.15, 0.2) is 29.4 Å². The largest absolute Gasteiger partial charge is 0.409 e. The van der Waals surface area contributed by atoms with E-state index in [1.165, 1.54) is 44.1 Å². The zero-order chi connectivity index (χ0) is 14.2. The first-order chi connectivity index (χ1) is 9.79. The Morgan fingerprint density at radius 3 is 2.60 bits per heavy atom. The summed E-state index contributed by atoms with van der Waals surface area (Å²) in [6.45, 7) is 1.96. The van der Waals surface area contributed by atoms with Gasteiger partial charge in [0, 0.05) is 12.1 Å². The summed E-state index contributed by atoms with van der Waals surface area (Å²) in [4.78, 5) is 0. The Morgan fingerprint density at radius 1 is 1.25 bits per heavy atom. The number of nitrogens with one attached hydrogen (secondary N) is 1. The molecule has 0 heterocycles. The van der Waals surface area contributed by atoms with Crippen LogP contribution in [-0.2, 0) is 6.54 Å². The maximum atomic E-state index is 8.60. The number of oxime groups is 1. The Bertz CT molecular complexity index is 422. The van der Waals surface area contributed by atoms with Gasteiger partial charge in [0.1, 0.15) is 0 Å². The number of hydrogen-bond acceptors (Lipinski definition) is 3. The molecule has 1 aliphatic rings. The Hall–Kier alpha value is -1.55. The van der Waals surface area contributed by atoms with Crippen molar-refractivity contribution in [1.29, 1.82) is 0 Å². The standard InChI is InChI=1S/C16H25N3O/c17-16(19-20)15-9-7-14(8-10-15)12-18-11-3-6-13-4-1-2-5-13/h7-10,13,18,20H,1-6,11-12H2,(H2,17,19). The monoisotopic (exact) mass is 275 g/mol. The van der Waals surface area contributed by atoms with Crippen LogP contribution in [0.2, 0.25) is 0 Å². The fraction of sp³-hybridized carbons (Fsp3) is 0.562. The van der Waals surface area contributed by atoms with E-state index in [4.69, 9.17) is 10.9 Å². The van der Waals surface area contributed by atoms with Gasteiger partial charge in [-0.2, -0.15) is 0 Å². The molecule has 0 saturated heterocycles. The maximum Gasteiger partial charge on any atom is 0.170 e. The van der Waals surface area contributed by atoms with E-state index in [1.807, 2.05) is 24.3 Å². The molecule has 20 heavy (non-hydrogen) atoms. The molecule has 0 aliphatic heterocycles. The lowest BCUT2D eigenvalue weighted by molar-refractivity contribution is 0.318. The van der Waals surface area contributed by atoms with Gasteiger partial charge in [0.25, 0.3) is 0 Å². The minimum atomic E-state index is 0.154. The summed E-state index contributed by atoms with van der Waals surface area (Å²) in [5.41, 5.74) is 7.50. The van der Waals surface area contributed by atoms with E-state index < -0.39 is 0 Å². The summed E-state index contributed by atoms with van der Waals surface area (Å²) in [5, 5.41) is 15.1. The van der Waals surface area contributed by atoms with E-state index in [9.17, 15) is 0 Å². The van der Waals surface area contributed by atoms with Crippen LogP contribution in [0.3, 0.4) is 0 Å². The van der Waals surface area contributed by atoms with E-state index in [-0.39, 0.29) is 5.84 Å². The lowest BCUT2D eigenvalue weighted by atomic mass is 10.0. The molecule has 1 aromatic carbocycles. The SMILES string of the molecule is N/C(=N/O)c1ccc(CNCCCC2CCCC2)cc1. The summed E-state index contributed by atoms with van der Waals surface area (Å²) in [5.74, 6) is 1.14. The van der Waals surface area contributed by atoms with Gasteiger partial charge in [-0.1, -0.05) is 55.1 Å². The lowest BCUT2D eigenvalue weighted by Gasteiger charge is -2.09. The van der Waals surface area contributed by atoms with Crippen LogP contribution in [0.5, 0.6) is 0 Å². The van der Waals surface area contributed by atoms with E-state index >= 15 is 0 Å². The first kappa shape index (κ1) is 14.9. The van der Waals surface area contributed by atoms with Crippen LogP contribution in [0.4, 0.5) is 0 Å². The van der Waals surface area contributed by atoms with Crippen molar-refractivity contribution in [2.45, 2.75) is 45.1 Å². The summed E-state index contributed by atoms with van der Waals surface area (Å²) < 4.78 is 0. The number of benzene rings is 1. The summed E-state index contributed by atoms with van der Waals surface area (Å²) >= 11 is 0. The van der Waals surface area contributed by atoms with Crippen LogP contribution in [0, 0.1) is 5.92 Å². The third kappa shape index (κ3) is 4.53. The van der Waals surface area contributed by atoms with Crippen molar-refractivity contribution in [1.82, 2.24) is 5.32 Å². The van der Waals surface area contributed by atoms with Crippen LogP contribution in [-0.4, -0.2) is 17.6 Å². The smallest absolute Gasteiger partial charge is 0.170 e. The highest BCUT2D eigenvalue weighted by Gasteiger charge is 2.13. The van der Waals surface area contributed by atoms with Gasteiger partial charge in [-0.15, -0.1) is 0 Å². The summed E-state index contributed by atoms with van der Waals surface area (Å²) in [6, 6.07) is 7.78. The number of rotatable bonds is 7. The van der Waals surface area contributed by atoms with Crippen molar-refractivity contribution >= 4 is 5.84 Å². The fourth-order valence-electron chi connectivity index (χ4n) is 2.90. The maximum absolute atomic E-state index is 8.60. The Kier molecular flexibility index (Phi) is 5.87. The predicted molar refractivity (Wildman–Crippen MR) is 81.9 cm³/mol. The van der Waals surface area contributed by atoms with E-state index in [2.05, 4.69) is 10.5 Å². The minimum Gasteiger partial charge on any atom is -0.409 e. The van der Waals surface area contributed by atoms with Gasteiger partial charge in [-0.05, 0) is 30.9 Å². The molecule has 2 rings (SSSR count). The predicted octanol–water partition coefficient (Wildman–Crippen LogP) is 2.84. The normalized spacial score (nSPS) is 16.7. The first-order valence-corrected chi connectivity index (χ1v) is 7.57. The molecule has 1 saturated carbocycles. The molecule has 110 valence electrons. The van der Waals surface area contributed by atoms with Crippen LogP contribution in [0.1, 0.15) is 49.7 Å². The topological polar surface area (TPSA) is 70.6 Å². The fourth-order valence-corrected chi connectivity index (χ4v) is 2.90. The zero-order valence-electron chi connectivity index (χ0n) is 12.0. The Morgan fingerprint density at radius 2 is 1.95 bits per heavy atom. The van der Waals surface area contributed by atoms with E-state index in [0.717, 1.165) is 24.6 Å². The van der Waals surface area contributed by atoms with Gasteiger partial charge >= 0.3 is 0 Å². The van der Waals surface area contributed by atoms with Crippen molar-refractivity contribution in [3.63, 3.8) is 0 Å². The lowest BCUT2D eigenvalue weighted by Crippen LogP contribution is -2.16. The molecule has 0 aromatic heterocycles. The molecular formula is C16H25N3O. The van der Waals surface area contributed by atoms with Crippen LogP contribution < -0.4 is 11.1 Å². The highest BCUT2D eigenvalue weighted by molar-refractivity contribution is 5.96. The van der Waals surface area contributed by atoms with Gasteiger partial charge in [-0.25, -0.2) is 0 Å². The second-order valence-corrected chi connectivity index (χ2v) is 5.65. The third-order valence-electron chi connectivity index (χ3n) is 4.13. The molecule has 4 nitrogen and oxygen atoms in total. The molecule has 0 spiro atoms. The van der Waals surface area contributed by atoms with Crippen LogP contribution in [0.25, 0.3) is 0 Å². The second kappa shape index (κ2) is 7.90. The van der Waals surface area contributed by atoms with Gasteiger partial charge in [0.05, 0.1) is 0 Å². The second-order valence-electron chi connectivity index (χ2n) is 5.65. The number of hydrogen-bond donors (Lipinski definition) is 3. The molecule has 1 aromatic rings. The Labute approximate surface area is 121 Å². The molecule has 0 bridgehead atoms. The minimum absolute atomic E-state index is 0.154. The molecule has 1 fully saturated rings. The van der Waals surface area contributed by atoms with Crippen LogP contribution >= 0.6 is 0 Å². The molecule has 0 atom stereocenters. The molecule has 0 amide bonds. The van der Waals surface area contributed by atoms with Crippen molar-refractivity contribution in [3.8, 4) is 0 Å². The highest BCUT2D eigenvalue weighted by atomic mass is 16.4.